The van der Waals surface area contributed by atoms with E-state index < -0.39 is 5.82 Å². The zero-order valence-electron chi connectivity index (χ0n) is 11.2. The smallest absolute Gasteiger partial charge is 0.257 e. The van der Waals surface area contributed by atoms with Crippen LogP contribution in [0.2, 0.25) is 0 Å². The van der Waals surface area contributed by atoms with Crippen molar-refractivity contribution in [3.05, 3.63) is 35.1 Å². The number of amides is 1. The summed E-state index contributed by atoms with van der Waals surface area (Å²) in [7, 11) is 0. The predicted octanol–water partition coefficient (Wildman–Crippen LogP) is 2.33. The summed E-state index contributed by atoms with van der Waals surface area (Å²) >= 11 is 0. The van der Waals surface area contributed by atoms with Gasteiger partial charge in [0.2, 0.25) is 0 Å². The van der Waals surface area contributed by atoms with Crippen molar-refractivity contribution in [3.63, 3.8) is 0 Å². The molecule has 0 aromatic heterocycles. The molecule has 1 rings (SSSR count). The molecule has 0 aliphatic heterocycles. The topological polar surface area (TPSA) is 46.3 Å². The normalized spacial score (nSPS) is 10.8. The molecule has 0 heterocycles. The number of nitrogens with zero attached hydrogens (tertiary/aromatic N) is 1. The molecule has 0 saturated carbocycles. The Hall–Kier alpha value is -1.42. The third-order valence-electron chi connectivity index (χ3n) is 2.84. The first-order valence-electron chi connectivity index (χ1n) is 6.24. The van der Waals surface area contributed by atoms with Gasteiger partial charge in [0, 0.05) is 12.6 Å². The first-order valence-corrected chi connectivity index (χ1v) is 6.24. The fourth-order valence-electron chi connectivity index (χ4n) is 1.80. The van der Waals surface area contributed by atoms with Crippen molar-refractivity contribution >= 4 is 5.91 Å². The highest BCUT2D eigenvalue weighted by Gasteiger charge is 2.21. The van der Waals surface area contributed by atoms with Gasteiger partial charge in [-0.2, -0.15) is 0 Å². The van der Waals surface area contributed by atoms with Gasteiger partial charge < -0.3 is 10.6 Å². The average molecular weight is 252 g/mol. The molecule has 1 aromatic carbocycles. The van der Waals surface area contributed by atoms with E-state index in [-0.39, 0.29) is 17.5 Å². The molecule has 0 unspecified atom stereocenters. The summed E-state index contributed by atoms with van der Waals surface area (Å²) in [5, 5.41) is 0. The molecule has 0 radical (unpaired) electrons. The molecule has 0 aliphatic carbocycles. The van der Waals surface area contributed by atoms with Gasteiger partial charge in [-0.25, -0.2) is 4.39 Å². The minimum atomic E-state index is -0.460. The first-order chi connectivity index (χ1) is 8.47. The molecule has 1 amide bonds. The number of hydrogen-bond donors (Lipinski definition) is 1. The van der Waals surface area contributed by atoms with E-state index >= 15 is 0 Å². The molecule has 1 aromatic rings. The lowest BCUT2D eigenvalue weighted by molar-refractivity contribution is 0.0700. The fourth-order valence-corrected chi connectivity index (χ4v) is 1.80. The van der Waals surface area contributed by atoms with Gasteiger partial charge in [-0.3, -0.25) is 4.79 Å². The van der Waals surface area contributed by atoms with Crippen LogP contribution in [0.25, 0.3) is 0 Å². The number of nitrogens with two attached hydrogens (primary N) is 1. The molecular weight excluding hydrogens is 231 g/mol. The van der Waals surface area contributed by atoms with E-state index in [0.29, 0.717) is 13.1 Å². The van der Waals surface area contributed by atoms with E-state index in [4.69, 9.17) is 5.73 Å². The second-order valence-electron chi connectivity index (χ2n) is 4.72. The van der Waals surface area contributed by atoms with Gasteiger partial charge in [0.05, 0.1) is 5.56 Å². The summed E-state index contributed by atoms with van der Waals surface area (Å²) in [5.74, 6) is -0.727. The standard InChI is InChI=1S/C14H21FN2O/c1-10(2)17(8-4-7-16)14(18)12-6-5-11(3)9-13(12)15/h5-6,9-10H,4,7-8,16H2,1-3H3. The molecule has 0 fully saturated rings. The molecule has 0 atom stereocenters. The monoisotopic (exact) mass is 252 g/mol. The maximum atomic E-state index is 13.8. The average Bonchev–Trinajstić information content (AvgIpc) is 2.28. The highest BCUT2D eigenvalue weighted by molar-refractivity contribution is 5.94. The minimum Gasteiger partial charge on any atom is -0.336 e. The van der Waals surface area contributed by atoms with Crippen LogP contribution < -0.4 is 5.73 Å². The fraction of sp³-hybridized carbons (Fsp3) is 0.500. The summed E-state index contributed by atoms with van der Waals surface area (Å²) in [6, 6.07) is 4.71. The second kappa shape index (κ2) is 6.50. The van der Waals surface area contributed by atoms with Crippen LogP contribution in [0.1, 0.15) is 36.2 Å². The molecule has 100 valence electrons. The number of benzene rings is 1. The summed E-state index contributed by atoms with van der Waals surface area (Å²) in [6.45, 7) is 6.71. The van der Waals surface area contributed by atoms with E-state index in [2.05, 4.69) is 0 Å². The highest BCUT2D eigenvalue weighted by atomic mass is 19.1. The quantitative estimate of drug-likeness (QED) is 0.874. The number of carbonyl (C=O) groups excluding carboxylic acids is 1. The molecular formula is C14H21FN2O. The van der Waals surface area contributed by atoms with Crippen LogP contribution >= 0.6 is 0 Å². The Morgan fingerprint density at radius 1 is 1.44 bits per heavy atom. The Morgan fingerprint density at radius 2 is 2.11 bits per heavy atom. The van der Waals surface area contributed by atoms with Crippen LogP contribution in [0.5, 0.6) is 0 Å². The first kappa shape index (κ1) is 14.6. The zero-order valence-corrected chi connectivity index (χ0v) is 11.2. The Bertz CT molecular complexity index is 418. The SMILES string of the molecule is Cc1ccc(C(=O)N(CCCN)C(C)C)c(F)c1. The van der Waals surface area contributed by atoms with Crippen LogP contribution in [0.3, 0.4) is 0 Å². The van der Waals surface area contributed by atoms with Crippen molar-refractivity contribution in [1.29, 1.82) is 0 Å². The molecule has 0 saturated heterocycles. The van der Waals surface area contributed by atoms with E-state index in [1.165, 1.54) is 6.07 Å². The molecule has 0 spiro atoms. The lowest BCUT2D eigenvalue weighted by Crippen LogP contribution is -2.38. The lowest BCUT2D eigenvalue weighted by atomic mass is 10.1. The van der Waals surface area contributed by atoms with Gasteiger partial charge in [0.25, 0.3) is 5.91 Å². The molecule has 3 nitrogen and oxygen atoms in total. The third-order valence-corrected chi connectivity index (χ3v) is 2.84. The number of rotatable bonds is 5. The summed E-state index contributed by atoms with van der Waals surface area (Å²) in [6.07, 6.45) is 0.720. The van der Waals surface area contributed by atoms with Crippen LogP contribution in [0.15, 0.2) is 18.2 Å². The van der Waals surface area contributed by atoms with E-state index in [9.17, 15) is 9.18 Å². The van der Waals surface area contributed by atoms with Gasteiger partial charge in [-0.1, -0.05) is 6.07 Å². The van der Waals surface area contributed by atoms with E-state index in [1.54, 1.807) is 24.0 Å². The molecule has 0 aliphatic rings. The maximum absolute atomic E-state index is 13.8. The van der Waals surface area contributed by atoms with Crippen molar-refractivity contribution in [2.24, 2.45) is 5.73 Å². The summed E-state index contributed by atoms with van der Waals surface area (Å²) in [5.41, 5.74) is 6.39. The van der Waals surface area contributed by atoms with Crippen molar-refractivity contribution in [2.75, 3.05) is 13.1 Å². The van der Waals surface area contributed by atoms with Crippen LogP contribution in [0, 0.1) is 12.7 Å². The van der Waals surface area contributed by atoms with Crippen LogP contribution in [-0.4, -0.2) is 29.9 Å². The third kappa shape index (κ3) is 3.53. The van der Waals surface area contributed by atoms with Crippen molar-refractivity contribution in [2.45, 2.75) is 33.2 Å². The lowest BCUT2D eigenvalue weighted by Gasteiger charge is -2.27. The number of carbonyl (C=O) groups is 1. The van der Waals surface area contributed by atoms with Gasteiger partial charge >= 0.3 is 0 Å². The molecule has 18 heavy (non-hydrogen) atoms. The van der Waals surface area contributed by atoms with E-state index in [0.717, 1.165) is 12.0 Å². The summed E-state index contributed by atoms with van der Waals surface area (Å²) < 4.78 is 13.8. The number of halogens is 1. The van der Waals surface area contributed by atoms with Crippen molar-refractivity contribution in [1.82, 2.24) is 4.90 Å². The number of aryl methyl sites for hydroxylation is 1. The Kier molecular flexibility index (Phi) is 5.28. The van der Waals surface area contributed by atoms with Crippen molar-refractivity contribution < 1.29 is 9.18 Å². The Morgan fingerprint density at radius 3 is 2.61 bits per heavy atom. The van der Waals surface area contributed by atoms with Gasteiger partial charge in [-0.15, -0.1) is 0 Å². The Balaban J connectivity index is 2.94. The highest BCUT2D eigenvalue weighted by Crippen LogP contribution is 2.14. The molecule has 0 bridgehead atoms. The van der Waals surface area contributed by atoms with Gasteiger partial charge in [0.1, 0.15) is 5.82 Å². The number of hydrogen-bond acceptors (Lipinski definition) is 2. The second-order valence-corrected chi connectivity index (χ2v) is 4.72. The molecule has 4 heteroatoms. The van der Waals surface area contributed by atoms with Crippen molar-refractivity contribution in [3.8, 4) is 0 Å². The minimum absolute atomic E-state index is 0.0322. The summed E-state index contributed by atoms with van der Waals surface area (Å²) in [4.78, 5) is 13.9. The van der Waals surface area contributed by atoms with Crippen LogP contribution in [-0.2, 0) is 0 Å². The maximum Gasteiger partial charge on any atom is 0.257 e. The molecule has 2 N–H and O–H groups in total. The predicted molar refractivity (Wildman–Crippen MR) is 71.0 cm³/mol. The van der Waals surface area contributed by atoms with Gasteiger partial charge in [0.15, 0.2) is 0 Å². The van der Waals surface area contributed by atoms with Gasteiger partial charge in [-0.05, 0) is 51.4 Å². The van der Waals surface area contributed by atoms with E-state index in [1.807, 2.05) is 13.8 Å². The zero-order chi connectivity index (χ0) is 13.7. The van der Waals surface area contributed by atoms with Crippen LogP contribution in [0.4, 0.5) is 4.39 Å². The largest absolute Gasteiger partial charge is 0.336 e. The Labute approximate surface area is 108 Å².